The van der Waals surface area contributed by atoms with E-state index in [1.807, 2.05) is 0 Å². The number of anilines is 1. The highest BCUT2D eigenvalue weighted by atomic mass is 16.6. The molecule has 1 aromatic carbocycles. The average molecular weight is 262 g/mol. The molecular weight excluding hydrogens is 252 g/mol. The lowest BCUT2D eigenvalue weighted by Gasteiger charge is -2.05. The van der Waals surface area contributed by atoms with E-state index in [1.54, 1.807) is 6.07 Å². The van der Waals surface area contributed by atoms with E-state index in [0.717, 1.165) is 0 Å². The smallest absolute Gasteiger partial charge is 0.304 e. The zero-order valence-electron chi connectivity index (χ0n) is 9.70. The molecule has 0 atom stereocenters. The third kappa shape index (κ3) is 2.68. The zero-order valence-corrected chi connectivity index (χ0v) is 9.70. The minimum atomic E-state index is -0.682. The van der Waals surface area contributed by atoms with Gasteiger partial charge < -0.3 is 15.6 Å². The number of hydrogen-bond acceptors (Lipinski definition) is 6. The molecule has 8 nitrogen and oxygen atoms in total. The number of amides is 1. The van der Waals surface area contributed by atoms with Crippen LogP contribution in [0, 0.1) is 10.1 Å². The number of aromatic nitrogens is 1. The summed E-state index contributed by atoms with van der Waals surface area (Å²) in [5.41, 5.74) is 4.94. The quantitative estimate of drug-likeness (QED) is 0.482. The number of nitrogens with one attached hydrogen (secondary N) is 1. The summed E-state index contributed by atoms with van der Waals surface area (Å²) >= 11 is 0. The summed E-state index contributed by atoms with van der Waals surface area (Å²) in [7, 11) is 0. The number of nitrogen functional groups attached to an aromatic ring is 1. The second-order valence-electron chi connectivity index (χ2n) is 3.66. The molecule has 0 spiro atoms. The number of para-hydroxylation sites is 1. The van der Waals surface area contributed by atoms with Crippen LogP contribution in [0.4, 0.5) is 11.4 Å². The third-order valence-corrected chi connectivity index (χ3v) is 2.41. The van der Waals surface area contributed by atoms with Gasteiger partial charge in [0.1, 0.15) is 11.3 Å². The molecule has 2 aromatic rings. The first-order valence-electron chi connectivity index (χ1n) is 5.30. The number of benzene rings is 1. The largest absolute Gasteiger partial charge is 0.393 e. The number of carbonyl (C=O) groups excluding carboxylic acids is 1. The highest BCUT2D eigenvalue weighted by molar-refractivity contribution is 6.00. The molecule has 1 aromatic heterocycles. The summed E-state index contributed by atoms with van der Waals surface area (Å²) in [4.78, 5) is 22.1. The number of carbonyl (C=O) groups is 1. The Morgan fingerprint density at radius 1 is 1.47 bits per heavy atom. The van der Waals surface area contributed by atoms with Crippen molar-refractivity contribution in [2.75, 3.05) is 5.73 Å². The van der Waals surface area contributed by atoms with Crippen molar-refractivity contribution in [1.82, 2.24) is 10.5 Å². The lowest BCUT2D eigenvalue weighted by atomic mass is 10.1. The molecule has 0 fully saturated rings. The molecule has 0 aliphatic carbocycles. The van der Waals surface area contributed by atoms with Crippen LogP contribution < -0.4 is 11.1 Å². The lowest BCUT2D eigenvalue weighted by molar-refractivity contribution is -0.384. The van der Waals surface area contributed by atoms with E-state index in [4.69, 9.17) is 10.3 Å². The molecule has 0 aliphatic heterocycles. The van der Waals surface area contributed by atoms with E-state index >= 15 is 0 Å². The number of hydrogen-bond donors (Lipinski definition) is 2. The summed E-state index contributed by atoms with van der Waals surface area (Å²) < 4.78 is 4.80. The first kappa shape index (κ1) is 12.6. The summed E-state index contributed by atoms with van der Waals surface area (Å²) in [6.07, 6.45) is 1.43. The van der Waals surface area contributed by atoms with E-state index < -0.39 is 16.5 Å². The lowest BCUT2D eigenvalue weighted by Crippen LogP contribution is -2.23. The molecule has 8 heteroatoms. The number of nitrogens with two attached hydrogens (primary N) is 1. The maximum absolute atomic E-state index is 11.9. The molecule has 2 rings (SSSR count). The van der Waals surface area contributed by atoms with Crippen LogP contribution >= 0.6 is 0 Å². The maximum atomic E-state index is 11.9. The van der Waals surface area contributed by atoms with Crippen LogP contribution in [0.25, 0.3) is 0 Å². The Bertz CT molecular complexity index is 609. The molecule has 1 amide bonds. The van der Waals surface area contributed by atoms with Crippen LogP contribution in [-0.2, 0) is 6.54 Å². The number of rotatable bonds is 4. The molecule has 0 radical (unpaired) electrons. The molecule has 0 aliphatic rings. The Labute approximate surface area is 107 Å². The van der Waals surface area contributed by atoms with Gasteiger partial charge in [-0.3, -0.25) is 14.9 Å². The first-order chi connectivity index (χ1) is 9.09. The number of nitrogens with zero attached hydrogens (tertiary/aromatic N) is 2. The van der Waals surface area contributed by atoms with Crippen LogP contribution in [-0.4, -0.2) is 16.0 Å². The fourth-order valence-electron chi connectivity index (χ4n) is 1.54. The maximum Gasteiger partial charge on any atom is 0.304 e. The summed E-state index contributed by atoms with van der Waals surface area (Å²) in [5.74, 6) is -0.157. The first-order valence-corrected chi connectivity index (χ1v) is 5.30. The van der Waals surface area contributed by atoms with Gasteiger partial charge in [0.15, 0.2) is 5.76 Å². The number of nitro benzene ring substituents is 1. The van der Waals surface area contributed by atoms with E-state index in [2.05, 4.69) is 10.5 Å². The minimum absolute atomic E-state index is 0.0580. The second kappa shape index (κ2) is 5.17. The Morgan fingerprint density at radius 2 is 2.26 bits per heavy atom. The summed E-state index contributed by atoms with van der Waals surface area (Å²) in [6.45, 7) is 0.0881. The number of nitro groups is 1. The van der Waals surface area contributed by atoms with Gasteiger partial charge in [-0.15, -0.1) is 0 Å². The van der Waals surface area contributed by atoms with Crippen molar-refractivity contribution in [1.29, 1.82) is 0 Å². The highest BCUT2D eigenvalue weighted by Gasteiger charge is 2.22. The predicted octanol–water partition coefficient (Wildman–Crippen LogP) is 1.09. The topological polar surface area (TPSA) is 124 Å². The van der Waals surface area contributed by atoms with Gasteiger partial charge in [0.25, 0.3) is 5.91 Å². The van der Waals surface area contributed by atoms with Crippen molar-refractivity contribution in [2.45, 2.75) is 6.54 Å². The molecule has 0 saturated carbocycles. The van der Waals surface area contributed by atoms with Crippen molar-refractivity contribution in [3.8, 4) is 0 Å². The van der Waals surface area contributed by atoms with Gasteiger partial charge in [0, 0.05) is 6.07 Å². The van der Waals surface area contributed by atoms with Crippen molar-refractivity contribution < 1.29 is 14.2 Å². The Kier molecular flexibility index (Phi) is 3.42. The van der Waals surface area contributed by atoms with Crippen LogP contribution in [0.15, 0.2) is 35.0 Å². The zero-order chi connectivity index (χ0) is 13.8. The monoisotopic (exact) mass is 262 g/mol. The Balaban J connectivity index is 2.19. The molecule has 0 saturated heterocycles. The Hall–Kier alpha value is -2.90. The van der Waals surface area contributed by atoms with Crippen molar-refractivity contribution in [3.63, 3.8) is 0 Å². The van der Waals surface area contributed by atoms with Gasteiger partial charge in [-0.1, -0.05) is 11.2 Å². The van der Waals surface area contributed by atoms with Gasteiger partial charge in [-0.25, -0.2) is 0 Å². The molecular formula is C11H10N4O4. The summed E-state index contributed by atoms with van der Waals surface area (Å²) in [5, 5.41) is 16.9. The van der Waals surface area contributed by atoms with E-state index in [0.29, 0.717) is 5.76 Å². The average Bonchev–Trinajstić information content (AvgIpc) is 2.88. The molecule has 98 valence electrons. The van der Waals surface area contributed by atoms with Crippen molar-refractivity contribution in [2.24, 2.45) is 0 Å². The van der Waals surface area contributed by atoms with Gasteiger partial charge >= 0.3 is 5.69 Å². The van der Waals surface area contributed by atoms with Crippen LogP contribution in [0.3, 0.4) is 0 Å². The van der Waals surface area contributed by atoms with E-state index in [-0.39, 0.29) is 17.8 Å². The normalized spacial score (nSPS) is 10.1. The van der Waals surface area contributed by atoms with Gasteiger partial charge in [-0.2, -0.15) is 0 Å². The van der Waals surface area contributed by atoms with Crippen LogP contribution in [0.1, 0.15) is 16.1 Å². The van der Waals surface area contributed by atoms with Gasteiger partial charge in [0.05, 0.1) is 17.7 Å². The van der Waals surface area contributed by atoms with Crippen molar-refractivity contribution in [3.05, 3.63) is 51.9 Å². The highest BCUT2D eigenvalue weighted by Crippen LogP contribution is 2.25. The van der Waals surface area contributed by atoms with Crippen molar-refractivity contribution >= 4 is 17.3 Å². The van der Waals surface area contributed by atoms with Gasteiger partial charge in [-0.05, 0) is 12.1 Å². The van der Waals surface area contributed by atoms with E-state index in [1.165, 1.54) is 24.4 Å². The molecule has 1 heterocycles. The fourth-order valence-corrected chi connectivity index (χ4v) is 1.54. The minimum Gasteiger partial charge on any atom is -0.393 e. The third-order valence-electron chi connectivity index (χ3n) is 2.41. The van der Waals surface area contributed by atoms with E-state index in [9.17, 15) is 14.9 Å². The standard InChI is InChI=1S/C11H10N4O4/c12-9-3-1-2-8(10(9)15(17)18)11(16)13-6-7-4-5-14-19-7/h1-5H,6,12H2,(H,13,16). The molecule has 0 unspecified atom stereocenters. The summed E-state index contributed by atoms with van der Waals surface area (Å²) in [6, 6.07) is 5.76. The second-order valence-corrected chi connectivity index (χ2v) is 3.66. The molecule has 0 bridgehead atoms. The fraction of sp³-hybridized carbons (Fsp3) is 0.0909. The predicted molar refractivity (Wildman–Crippen MR) is 65.2 cm³/mol. The SMILES string of the molecule is Nc1cccc(C(=O)NCc2ccno2)c1[N+](=O)[O-]. The van der Waals surface area contributed by atoms with Crippen LogP contribution in [0.2, 0.25) is 0 Å². The Morgan fingerprint density at radius 3 is 2.89 bits per heavy atom. The molecule has 19 heavy (non-hydrogen) atoms. The van der Waals surface area contributed by atoms with Crippen LogP contribution in [0.5, 0.6) is 0 Å². The molecule has 3 N–H and O–H groups in total. The van der Waals surface area contributed by atoms with Gasteiger partial charge in [0.2, 0.25) is 0 Å².